The lowest BCUT2D eigenvalue weighted by Gasteiger charge is -2.28. The van der Waals surface area contributed by atoms with E-state index in [9.17, 15) is 0 Å². The lowest BCUT2D eigenvalue weighted by atomic mass is 10.0. The Bertz CT molecular complexity index is 659. The highest BCUT2D eigenvalue weighted by molar-refractivity contribution is 5.53. The van der Waals surface area contributed by atoms with Crippen molar-refractivity contribution in [3.8, 4) is 0 Å². The Labute approximate surface area is 137 Å². The van der Waals surface area contributed by atoms with Gasteiger partial charge in [0.1, 0.15) is 11.6 Å². The molecule has 1 fully saturated rings. The van der Waals surface area contributed by atoms with Crippen LogP contribution in [-0.2, 0) is 6.54 Å². The molecule has 2 aromatic rings. The minimum absolute atomic E-state index is 0.310. The van der Waals surface area contributed by atoms with Crippen molar-refractivity contribution < 1.29 is 0 Å². The fourth-order valence-corrected chi connectivity index (χ4v) is 2.91. The Kier molecular flexibility index (Phi) is 4.62. The fraction of sp³-hybridized carbons (Fsp3) is 0.412. The Hall–Kier alpha value is -2.34. The molecule has 1 aliphatic rings. The summed E-state index contributed by atoms with van der Waals surface area (Å²) in [6.07, 6.45) is 0. The molecule has 6 heteroatoms. The number of piperazine rings is 1. The maximum absolute atomic E-state index is 5.89. The number of aryl methyl sites for hydroxylation is 2. The molecule has 0 atom stereocenters. The number of anilines is 3. The SMILES string of the molecule is Cc1cccc(C)c1CNc1cc(N2CCNCC2)nc(N)n1. The quantitative estimate of drug-likeness (QED) is 0.797. The summed E-state index contributed by atoms with van der Waals surface area (Å²) < 4.78 is 0. The highest BCUT2D eigenvalue weighted by Gasteiger charge is 2.14. The smallest absolute Gasteiger partial charge is 0.223 e. The minimum Gasteiger partial charge on any atom is -0.368 e. The average Bonchev–Trinajstić information content (AvgIpc) is 2.55. The van der Waals surface area contributed by atoms with Crippen LogP contribution < -0.4 is 21.3 Å². The molecular weight excluding hydrogens is 288 g/mol. The van der Waals surface area contributed by atoms with Crippen molar-refractivity contribution in [2.45, 2.75) is 20.4 Å². The topological polar surface area (TPSA) is 79.1 Å². The minimum atomic E-state index is 0.310. The summed E-state index contributed by atoms with van der Waals surface area (Å²) in [5, 5.41) is 6.73. The standard InChI is InChI=1S/C17H24N6/c1-12-4-3-5-13(2)14(12)11-20-15-10-16(22-17(18)21-15)23-8-6-19-7-9-23/h3-5,10,19H,6-9,11H2,1-2H3,(H3,18,20,21,22). The first-order valence-corrected chi connectivity index (χ1v) is 8.02. The van der Waals surface area contributed by atoms with Crippen molar-refractivity contribution >= 4 is 17.6 Å². The molecule has 0 saturated carbocycles. The first-order valence-electron chi connectivity index (χ1n) is 8.02. The van der Waals surface area contributed by atoms with Crippen LogP contribution in [0.2, 0.25) is 0 Å². The monoisotopic (exact) mass is 312 g/mol. The van der Waals surface area contributed by atoms with Crippen LogP contribution in [0.1, 0.15) is 16.7 Å². The third kappa shape index (κ3) is 3.71. The van der Waals surface area contributed by atoms with E-state index in [0.29, 0.717) is 5.95 Å². The highest BCUT2D eigenvalue weighted by Crippen LogP contribution is 2.19. The van der Waals surface area contributed by atoms with Gasteiger partial charge in [0.25, 0.3) is 0 Å². The molecule has 1 saturated heterocycles. The zero-order valence-corrected chi connectivity index (χ0v) is 13.8. The normalized spacial score (nSPS) is 14.8. The van der Waals surface area contributed by atoms with Crippen molar-refractivity contribution in [1.82, 2.24) is 15.3 Å². The Morgan fingerprint density at radius 3 is 2.57 bits per heavy atom. The third-order valence-electron chi connectivity index (χ3n) is 4.26. The summed E-state index contributed by atoms with van der Waals surface area (Å²) in [7, 11) is 0. The van der Waals surface area contributed by atoms with Gasteiger partial charge in [0.15, 0.2) is 0 Å². The second kappa shape index (κ2) is 6.83. The summed E-state index contributed by atoms with van der Waals surface area (Å²) in [6.45, 7) is 8.80. The molecule has 23 heavy (non-hydrogen) atoms. The second-order valence-electron chi connectivity index (χ2n) is 5.93. The molecule has 4 N–H and O–H groups in total. The molecule has 0 amide bonds. The summed E-state index contributed by atoms with van der Waals surface area (Å²) >= 11 is 0. The molecule has 6 nitrogen and oxygen atoms in total. The maximum atomic E-state index is 5.89. The number of hydrogen-bond acceptors (Lipinski definition) is 6. The van der Waals surface area contributed by atoms with Crippen LogP contribution in [0.5, 0.6) is 0 Å². The van der Waals surface area contributed by atoms with Gasteiger partial charge in [-0.3, -0.25) is 0 Å². The zero-order valence-electron chi connectivity index (χ0n) is 13.8. The maximum Gasteiger partial charge on any atom is 0.223 e. The molecule has 3 rings (SSSR count). The Balaban J connectivity index is 1.76. The van der Waals surface area contributed by atoms with E-state index in [-0.39, 0.29) is 0 Å². The number of nitrogens with zero attached hydrogens (tertiary/aromatic N) is 3. The van der Waals surface area contributed by atoms with E-state index in [0.717, 1.165) is 44.4 Å². The molecule has 122 valence electrons. The second-order valence-corrected chi connectivity index (χ2v) is 5.93. The first kappa shape index (κ1) is 15.6. The van der Waals surface area contributed by atoms with Crippen molar-refractivity contribution in [2.24, 2.45) is 0 Å². The van der Waals surface area contributed by atoms with Gasteiger partial charge in [-0.05, 0) is 30.5 Å². The van der Waals surface area contributed by atoms with Crippen molar-refractivity contribution in [1.29, 1.82) is 0 Å². The van der Waals surface area contributed by atoms with E-state index < -0.39 is 0 Å². The van der Waals surface area contributed by atoms with Gasteiger partial charge in [-0.1, -0.05) is 18.2 Å². The number of aromatic nitrogens is 2. The molecule has 0 bridgehead atoms. The molecular formula is C17H24N6. The molecule has 1 aromatic heterocycles. The first-order chi connectivity index (χ1) is 11.1. The molecule has 0 spiro atoms. The van der Waals surface area contributed by atoms with Gasteiger partial charge in [-0.25, -0.2) is 0 Å². The molecule has 0 radical (unpaired) electrons. The lowest BCUT2D eigenvalue weighted by Crippen LogP contribution is -2.44. The van der Waals surface area contributed by atoms with E-state index in [1.54, 1.807) is 0 Å². The molecule has 1 aromatic carbocycles. The molecule has 2 heterocycles. The lowest BCUT2D eigenvalue weighted by molar-refractivity contribution is 0.585. The van der Waals surface area contributed by atoms with Crippen LogP contribution in [0.4, 0.5) is 17.6 Å². The zero-order chi connectivity index (χ0) is 16.2. The van der Waals surface area contributed by atoms with Gasteiger partial charge in [0, 0.05) is 38.8 Å². The largest absolute Gasteiger partial charge is 0.368 e. The number of nitrogen functional groups attached to an aromatic ring is 1. The van der Waals surface area contributed by atoms with E-state index in [4.69, 9.17) is 5.73 Å². The van der Waals surface area contributed by atoms with Crippen molar-refractivity contribution in [2.75, 3.05) is 42.1 Å². The van der Waals surface area contributed by atoms with Gasteiger partial charge in [-0.15, -0.1) is 0 Å². The average molecular weight is 312 g/mol. The van der Waals surface area contributed by atoms with E-state index in [1.807, 2.05) is 6.07 Å². The number of benzene rings is 1. The summed E-state index contributed by atoms with van der Waals surface area (Å²) in [5.41, 5.74) is 9.75. The van der Waals surface area contributed by atoms with Crippen molar-refractivity contribution in [3.63, 3.8) is 0 Å². The van der Waals surface area contributed by atoms with Gasteiger partial charge in [0.05, 0.1) is 0 Å². The van der Waals surface area contributed by atoms with Crippen LogP contribution in [0.15, 0.2) is 24.3 Å². The van der Waals surface area contributed by atoms with Gasteiger partial charge < -0.3 is 21.3 Å². The number of nitrogens with one attached hydrogen (secondary N) is 2. The van der Waals surface area contributed by atoms with Gasteiger partial charge in [-0.2, -0.15) is 9.97 Å². The van der Waals surface area contributed by atoms with E-state index >= 15 is 0 Å². The molecule has 0 unspecified atom stereocenters. The predicted molar refractivity (Wildman–Crippen MR) is 94.8 cm³/mol. The number of nitrogens with two attached hydrogens (primary N) is 1. The molecule has 0 aliphatic carbocycles. The van der Waals surface area contributed by atoms with Gasteiger partial charge >= 0.3 is 0 Å². The highest BCUT2D eigenvalue weighted by atomic mass is 15.3. The Morgan fingerprint density at radius 1 is 1.17 bits per heavy atom. The summed E-state index contributed by atoms with van der Waals surface area (Å²) in [6, 6.07) is 8.32. The van der Waals surface area contributed by atoms with Crippen LogP contribution in [0, 0.1) is 13.8 Å². The van der Waals surface area contributed by atoms with Crippen LogP contribution in [-0.4, -0.2) is 36.1 Å². The summed E-state index contributed by atoms with van der Waals surface area (Å²) in [5.74, 6) is 1.97. The van der Waals surface area contributed by atoms with Crippen LogP contribution >= 0.6 is 0 Å². The van der Waals surface area contributed by atoms with Crippen LogP contribution in [0.25, 0.3) is 0 Å². The van der Waals surface area contributed by atoms with Crippen molar-refractivity contribution in [3.05, 3.63) is 41.0 Å². The molecule has 1 aliphatic heterocycles. The number of hydrogen-bond donors (Lipinski definition) is 3. The van der Waals surface area contributed by atoms with Gasteiger partial charge in [0.2, 0.25) is 5.95 Å². The third-order valence-corrected chi connectivity index (χ3v) is 4.26. The van der Waals surface area contributed by atoms with E-state index in [1.165, 1.54) is 16.7 Å². The fourth-order valence-electron chi connectivity index (χ4n) is 2.91. The predicted octanol–water partition coefficient (Wildman–Crippen LogP) is 1.70. The summed E-state index contributed by atoms with van der Waals surface area (Å²) in [4.78, 5) is 10.9. The number of rotatable bonds is 4. The van der Waals surface area contributed by atoms with Crippen LogP contribution in [0.3, 0.4) is 0 Å². The Morgan fingerprint density at radius 2 is 1.87 bits per heavy atom. The van der Waals surface area contributed by atoms with E-state index in [2.05, 4.69) is 57.5 Å².